The first-order valence-corrected chi connectivity index (χ1v) is 14.0. The Labute approximate surface area is 221 Å². The van der Waals surface area contributed by atoms with Crippen LogP contribution in [0.3, 0.4) is 0 Å². The second kappa shape index (κ2) is 11.8. The molecule has 0 aliphatic rings. The molecule has 0 aliphatic heterocycles. The van der Waals surface area contributed by atoms with Gasteiger partial charge in [0.1, 0.15) is 12.6 Å². The molecular weight excluding hydrogens is 504 g/mol. The minimum absolute atomic E-state index is 0.104. The van der Waals surface area contributed by atoms with E-state index in [4.69, 9.17) is 4.74 Å². The van der Waals surface area contributed by atoms with Crippen LogP contribution in [0, 0.1) is 0 Å². The molecule has 10 heteroatoms. The van der Waals surface area contributed by atoms with Gasteiger partial charge in [0.2, 0.25) is 15.9 Å². The second-order valence-corrected chi connectivity index (χ2v) is 10.8. The smallest absolute Gasteiger partial charge is 0.408 e. The molecule has 4 aromatic rings. The standard InChI is InChI=1S/C28H30N4O5S/c1-19(21-10-4-3-5-11-21)30-27(33)26(16-22-17-29-25-14-7-6-13-24(22)25)31-28(34)37-18-20-9-8-12-23(15-20)32-38(2,35)36/h3-15,17,19,26,29,32H,16,18H2,1-2H3,(H,30,33)(H,31,34)/t19-,26+/m0/s1. The van der Waals surface area contributed by atoms with E-state index in [2.05, 4.69) is 20.3 Å². The molecule has 0 unspecified atom stereocenters. The molecule has 2 amide bonds. The van der Waals surface area contributed by atoms with E-state index >= 15 is 0 Å². The Morgan fingerprint density at radius 1 is 0.947 bits per heavy atom. The number of hydrogen-bond donors (Lipinski definition) is 4. The van der Waals surface area contributed by atoms with Gasteiger partial charge < -0.3 is 20.4 Å². The number of anilines is 1. The van der Waals surface area contributed by atoms with Gasteiger partial charge in [0.15, 0.2) is 0 Å². The third-order valence-electron chi connectivity index (χ3n) is 5.97. The van der Waals surface area contributed by atoms with Crippen molar-refractivity contribution in [2.24, 2.45) is 0 Å². The number of alkyl carbamates (subject to hydrolysis) is 1. The lowest BCUT2D eigenvalue weighted by Gasteiger charge is -2.21. The number of fused-ring (bicyclic) bond motifs is 1. The maximum absolute atomic E-state index is 13.3. The number of carbonyl (C=O) groups is 2. The van der Waals surface area contributed by atoms with Gasteiger partial charge in [-0.3, -0.25) is 9.52 Å². The SMILES string of the molecule is C[C@H](NC(=O)[C@@H](Cc1c[nH]c2ccccc12)NC(=O)OCc1cccc(NS(C)(=O)=O)c1)c1ccccc1. The Bertz CT molecular complexity index is 1520. The molecule has 0 bridgehead atoms. The number of aromatic amines is 1. The molecule has 1 aromatic heterocycles. The molecule has 2 atom stereocenters. The van der Waals surface area contributed by atoms with Gasteiger partial charge in [-0.2, -0.15) is 0 Å². The van der Waals surface area contributed by atoms with E-state index in [1.807, 2.05) is 67.7 Å². The lowest BCUT2D eigenvalue weighted by atomic mass is 10.0. The van der Waals surface area contributed by atoms with Crippen molar-refractivity contribution >= 4 is 38.6 Å². The first kappa shape index (κ1) is 26.7. The zero-order chi connectivity index (χ0) is 27.1. The van der Waals surface area contributed by atoms with Crippen molar-refractivity contribution in [2.45, 2.75) is 32.0 Å². The molecule has 198 valence electrons. The quantitative estimate of drug-likeness (QED) is 0.242. The first-order chi connectivity index (χ1) is 18.2. The van der Waals surface area contributed by atoms with Crippen LogP contribution in [0.2, 0.25) is 0 Å². The number of nitrogens with one attached hydrogen (secondary N) is 4. The lowest BCUT2D eigenvalue weighted by Crippen LogP contribution is -2.48. The van der Waals surface area contributed by atoms with Crippen LogP contribution in [0.5, 0.6) is 0 Å². The van der Waals surface area contributed by atoms with Gasteiger partial charge >= 0.3 is 6.09 Å². The van der Waals surface area contributed by atoms with E-state index in [1.54, 1.807) is 24.3 Å². The monoisotopic (exact) mass is 534 g/mol. The predicted molar refractivity (Wildman–Crippen MR) is 147 cm³/mol. The van der Waals surface area contributed by atoms with E-state index in [0.29, 0.717) is 11.3 Å². The highest BCUT2D eigenvalue weighted by Gasteiger charge is 2.25. The van der Waals surface area contributed by atoms with Crippen LogP contribution in [0.15, 0.2) is 85.1 Å². The van der Waals surface area contributed by atoms with Gasteiger partial charge in [-0.1, -0.05) is 60.7 Å². The minimum atomic E-state index is -3.44. The van der Waals surface area contributed by atoms with Crippen molar-refractivity contribution in [3.63, 3.8) is 0 Å². The Morgan fingerprint density at radius 3 is 2.45 bits per heavy atom. The molecule has 0 spiro atoms. The van der Waals surface area contributed by atoms with Crippen molar-refractivity contribution in [3.05, 3.63) is 102 Å². The highest BCUT2D eigenvalue weighted by Crippen LogP contribution is 2.20. The maximum atomic E-state index is 13.3. The summed E-state index contributed by atoms with van der Waals surface area (Å²) in [4.78, 5) is 29.3. The Morgan fingerprint density at radius 2 is 1.68 bits per heavy atom. The van der Waals surface area contributed by atoms with Crippen LogP contribution < -0.4 is 15.4 Å². The van der Waals surface area contributed by atoms with Gasteiger partial charge in [0, 0.05) is 29.2 Å². The van der Waals surface area contributed by atoms with E-state index < -0.39 is 22.2 Å². The summed E-state index contributed by atoms with van der Waals surface area (Å²) < 4.78 is 30.8. The number of hydrogen-bond acceptors (Lipinski definition) is 5. The van der Waals surface area contributed by atoms with Gasteiger partial charge in [-0.15, -0.1) is 0 Å². The maximum Gasteiger partial charge on any atom is 0.408 e. The highest BCUT2D eigenvalue weighted by atomic mass is 32.2. The Kier molecular flexibility index (Phi) is 8.32. The molecule has 3 aromatic carbocycles. The number of ether oxygens (including phenoxy) is 1. The minimum Gasteiger partial charge on any atom is -0.445 e. The number of amides is 2. The second-order valence-electron chi connectivity index (χ2n) is 9.05. The zero-order valence-electron chi connectivity index (χ0n) is 21.1. The van der Waals surface area contributed by atoms with E-state index in [0.717, 1.165) is 28.3 Å². The highest BCUT2D eigenvalue weighted by molar-refractivity contribution is 7.92. The number of para-hydroxylation sites is 1. The normalized spacial score (nSPS) is 12.9. The summed E-state index contributed by atoms with van der Waals surface area (Å²) in [6, 6.07) is 22.7. The molecule has 0 radical (unpaired) electrons. The largest absolute Gasteiger partial charge is 0.445 e. The van der Waals surface area contributed by atoms with Crippen LogP contribution in [0.4, 0.5) is 10.5 Å². The van der Waals surface area contributed by atoms with E-state index in [-0.39, 0.29) is 25.0 Å². The van der Waals surface area contributed by atoms with Gasteiger partial charge in [0.05, 0.1) is 12.3 Å². The molecule has 0 saturated heterocycles. The van der Waals surface area contributed by atoms with Crippen molar-refractivity contribution in [1.29, 1.82) is 0 Å². The third kappa shape index (κ3) is 7.36. The van der Waals surface area contributed by atoms with Crippen LogP contribution in [0.1, 0.15) is 29.7 Å². The molecule has 9 nitrogen and oxygen atoms in total. The third-order valence-corrected chi connectivity index (χ3v) is 6.57. The van der Waals surface area contributed by atoms with Crippen molar-refractivity contribution < 1.29 is 22.7 Å². The average molecular weight is 535 g/mol. The molecule has 4 rings (SSSR count). The summed E-state index contributed by atoms with van der Waals surface area (Å²) in [5.74, 6) is -0.345. The number of benzene rings is 3. The first-order valence-electron chi connectivity index (χ1n) is 12.1. The van der Waals surface area contributed by atoms with E-state index in [1.165, 1.54) is 0 Å². The molecule has 38 heavy (non-hydrogen) atoms. The number of carbonyl (C=O) groups excluding carboxylic acids is 2. The molecule has 0 saturated carbocycles. The van der Waals surface area contributed by atoms with Crippen molar-refractivity contribution in [2.75, 3.05) is 11.0 Å². The summed E-state index contributed by atoms with van der Waals surface area (Å²) in [6.45, 7) is 1.78. The fraction of sp³-hybridized carbons (Fsp3) is 0.214. The molecule has 4 N–H and O–H groups in total. The van der Waals surface area contributed by atoms with Crippen LogP contribution in [-0.2, 0) is 32.6 Å². The fourth-order valence-electron chi connectivity index (χ4n) is 4.14. The number of aromatic nitrogens is 1. The lowest BCUT2D eigenvalue weighted by molar-refractivity contribution is -0.123. The molecular formula is C28H30N4O5S. The summed E-state index contributed by atoms with van der Waals surface area (Å²) in [5.41, 5.74) is 3.71. The Balaban J connectivity index is 1.46. The molecule has 1 heterocycles. The van der Waals surface area contributed by atoms with Crippen LogP contribution in [-0.4, -0.2) is 37.7 Å². The summed E-state index contributed by atoms with van der Waals surface area (Å²) >= 11 is 0. The number of H-pyrrole nitrogens is 1. The fourth-order valence-corrected chi connectivity index (χ4v) is 4.70. The summed E-state index contributed by atoms with van der Waals surface area (Å²) in [5, 5.41) is 6.65. The van der Waals surface area contributed by atoms with Gasteiger partial charge in [-0.25, -0.2) is 13.2 Å². The summed E-state index contributed by atoms with van der Waals surface area (Å²) in [6.07, 6.45) is 2.37. The van der Waals surface area contributed by atoms with E-state index in [9.17, 15) is 18.0 Å². The molecule has 0 aliphatic carbocycles. The van der Waals surface area contributed by atoms with Gasteiger partial charge in [0.25, 0.3) is 0 Å². The van der Waals surface area contributed by atoms with Gasteiger partial charge in [-0.05, 0) is 41.8 Å². The zero-order valence-corrected chi connectivity index (χ0v) is 21.9. The number of rotatable bonds is 10. The van der Waals surface area contributed by atoms with Crippen molar-refractivity contribution in [1.82, 2.24) is 15.6 Å². The Hall–Kier alpha value is -4.31. The number of sulfonamides is 1. The topological polar surface area (TPSA) is 129 Å². The van der Waals surface area contributed by atoms with Crippen LogP contribution >= 0.6 is 0 Å². The summed E-state index contributed by atoms with van der Waals surface area (Å²) in [7, 11) is -3.44. The average Bonchev–Trinajstić information content (AvgIpc) is 3.29. The predicted octanol–water partition coefficient (Wildman–Crippen LogP) is 4.25. The van der Waals surface area contributed by atoms with Crippen LogP contribution in [0.25, 0.3) is 10.9 Å². The van der Waals surface area contributed by atoms with Crippen molar-refractivity contribution in [3.8, 4) is 0 Å². The molecule has 0 fully saturated rings.